The molecule has 0 radical (unpaired) electrons. The maximum Gasteiger partial charge on any atom is 0.410 e. The molecule has 1 aliphatic heterocycles. The zero-order chi connectivity index (χ0) is 21.5. The molecular weight excluding hydrogens is 423 g/mol. The lowest BCUT2D eigenvalue weighted by molar-refractivity contribution is 0.0270. The van der Waals surface area contributed by atoms with E-state index in [0.29, 0.717) is 40.7 Å². The van der Waals surface area contributed by atoms with Gasteiger partial charge in [0.1, 0.15) is 5.60 Å². The topological polar surface area (TPSA) is 51.1 Å². The van der Waals surface area contributed by atoms with Crippen LogP contribution in [-0.2, 0) is 4.74 Å². The van der Waals surface area contributed by atoms with Crippen molar-refractivity contribution < 1.29 is 14.4 Å². The Morgan fingerprint density at radius 1 is 1.03 bits per heavy atom. The van der Waals surface area contributed by atoms with E-state index in [1.807, 2.05) is 63.2 Å². The van der Waals surface area contributed by atoms with Crippen molar-refractivity contribution in [2.24, 2.45) is 22.9 Å². The van der Waals surface area contributed by atoms with E-state index in [0.717, 1.165) is 11.3 Å². The molecule has 0 bridgehead atoms. The summed E-state index contributed by atoms with van der Waals surface area (Å²) in [6.45, 7) is 6.92. The molecule has 158 valence electrons. The number of rotatable bonds is 4. The summed E-state index contributed by atoms with van der Waals surface area (Å²) in [6.07, 6.45) is -0.262. The number of likely N-dealkylation sites (tertiary alicyclic amines) is 1. The van der Waals surface area contributed by atoms with Crippen molar-refractivity contribution in [3.8, 4) is 5.75 Å². The van der Waals surface area contributed by atoms with Gasteiger partial charge in [0.25, 0.3) is 0 Å². The first-order valence-corrected chi connectivity index (χ1v) is 10.7. The van der Waals surface area contributed by atoms with Gasteiger partial charge in [-0.3, -0.25) is 0 Å². The molecule has 2 aromatic carbocycles. The van der Waals surface area contributed by atoms with Gasteiger partial charge in [0, 0.05) is 24.6 Å². The van der Waals surface area contributed by atoms with Gasteiger partial charge in [-0.25, -0.2) is 4.79 Å². The predicted molar refractivity (Wildman–Crippen MR) is 118 cm³/mol. The number of carbonyl (C=O) groups excluding carboxylic acids is 1. The summed E-state index contributed by atoms with van der Waals surface area (Å²) in [6, 6.07) is 14.9. The summed E-state index contributed by atoms with van der Waals surface area (Å²) in [5.41, 5.74) is 1.21. The van der Waals surface area contributed by atoms with Crippen LogP contribution in [0, 0.1) is 17.8 Å². The number of hydrogen-bond acceptors (Lipinski definition) is 4. The number of piperidine rings is 1. The van der Waals surface area contributed by atoms with Crippen LogP contribution < -0.4 is 4.84 Å². The third kappa shape index (κ3) is 4.57. The molecule has 1 amide bonds. The van der Waals surface area contributed by atoms with Gasteiger partial charge >= 0.3 is 6.09 Å². The highest BCUT2D eigenvalue weighted by atomic mass is 35.5. The SMILES string of the molecule is CC(C)(C)OC(=O)N1CC2C(C1)C2/C(=N/Oc1ccccc1)c1ccc(Cl)c(Cl)c1. The molecule has 1 heterocycles. The number of hydrogen-bond donors (Lipinski definition) is 0. The first kappa shape index (κ1) is 21.0. The van der Waals surface area contributed by atoms with Gasteiger partial charge in [-0.05, 0) is 56.9 Å². The van der Waals surface area contributed by atoms with Crippen LogP contribution >= 0.6 is 23.2 Å². The maximum absolute atomic E-state index is 12.4. The summed E-state index contributed by atoms with van der Waals surface area (Å²) >= 11 is 12.3. The molecular formula is C23H24Cl2N2O3. The van der Waals surface area contributed by atoms with E-state index < -0.39 is 5.60 Å². The standard InChI is InChI=1S/C23H24Cl2N2O3/c1-23(2,3)29-22(28)27-12-16-17(13-27)20(16)21(14-9-10-18(24)19(25)11-14)26-30-15-7-5-4-6-8-15/h4-11,16-17,20H,12-13H2,1-3H3/b26-21+. The molecule has 0 aromatic heterocycles. The van der Waals surface area contributed by atoms with E-state index in [1.54, 1.807) is 11.0 Å². The highest BCUT2D eigenvalue weighted by Crippen LogP contribution is 2.53. The lowest BCUT2D eigenvalue weighted by Crippen LogP contribution is -2.37. The molecule has 1 saturated carbocycles. The average molecular weight is 447 g/mol. The van der Waals surface area contributed by atoms with E-state index >= 15 is 0 Å². The molecule has 2 atom stereocenters. The number of ether oxygens (including phenoxy) is 1. The number of halogens is 2. The van der Waals surface area contributed by atoms with E-state index in [9.17, 15) is 4.79 Å². The number of nitrogens with zero attached hydrogens (tertiary/aromatic N) is 2. The molecule has 1 saturated heterocycles. The molecule has 7 heteroatoms. The highest BCUT2D eigenvalue weighted by Gasteiger charge is 2.59. The highest BCUT2D eigenvalue weighted by molar-refractivity contribution is 6.42. The van der Waals surface area contributed by atoms with Gasteiger partial charge in [0.15, 0.2) is 5.75 Å². The van der Waals surface area contributed by atoms with Gasteiger partial charge in [0.2, 0.25) is 0 Å². The Kier molecular flexibility index (Phi) is 5.69. The fourth-order valence-corrected chi connectivity index (χ4v) is 4.25. The van der Waals surface area contributed by atoms with Crippen molar-refractivity contribution >= 4 is 35.0 Å². The van der Waals surface area contributed by atoms with Crippen LogP contribution in [0.5, 0.6) is 5.75 Å². The van der Waals surface area contributed by atoms with Crippen LogP contribution in [0.3, 0.4) is 0 Å². The Morgan fingerprint density at radius 2 is 1.70 bits per heavy atom. The average Bonchev–Trinajstić information content (AvgIpc) is 3.15. The van der Waals surface area contributed by atoms with Crippen LogP contribution in [0.4, 0.5) is 4.79 Å². The largest absolute Gasteiger partial charge is 0.444 e. The van der Waals surface area contributed by atoms with Crippen molar-refractivity contribution in [1.82, 2.24) is 4.90 Å². The first-order valence-electron chi connectivity index (χ1n) is 9.96. The second-order valence-electron chi connectivity index (χ2n) is 8.75. The van der Waals surface area contributed by atoms with Crippen molar-refractivity contribution in [2.75, 3.05) is 13.1 Å². The van der Waals surface area contributed by atoms with Crippen LogP contribution in [0.25, 0.3) is 0 Å². The van der Waals surface area contributed by atoms with Crippen molar-refractivity contribution in [2.45, 2.75) is 26.4 Å². The summed E-state index contributed by atoms with van der Waals surface area (Å²) in [5, 5.41) is 5.46. The van der Waals surface area contributed by atoms with Crippen molar-refractivity contribution in [3.05, 3.63) is 64.1 Å². The molecule has 2 unspecified atom stereocenters. The van der Waals surface area contributed by atoms with Crippen LogP contribution in [-0.4, -0.2) is 35.4 Å². The fourth-order valence-electron chi connectivity index (χ4n) is 3.95. The molecule has 0 N–H and O–H groups in total. The molecule has 2 aliphatic rings. The fraction of sp³-hybridized carbons (Fsp3) is 0.391. The Bertz CT molecular complexity index is 960. The van der Waals surface area contributed by atoms with Gasteiger partial charge < -0.3 is 14.5 Å². The van der Waals surface area contributed by atoms with Gasteiger partial charge in [0.05, 0.1) is 15.8 Å². The minimum absolute atomic E-state index is 0.199. The minimum atomic E-state index is -0.501. The monoisotopic (exact) mass is 446 g/mol. The second kappa shape index (κ2) is 8.12. The first-order chi connectivity index (χ1) is 14.2. The van der Waals surface area contributed by atoms with Crippen LogP contribution in [0.1, 0.15) is 26.3 Å². The van der Waals surface area contributed by atoms with Gasteiger partial charge in [-0.1, -0.05) is 52.6 Å². The molecule has 4 rings (SSSR count). The normalized spacial score (nSPS) is 23.2. The van der Waals surface area contributed by atoms with E-state index in [4.69, 9.17) is 32.8 Å². The Morgan fingerprint density at radius 3 is 2.30 bits per heavy atom. The summed E-state index contributed by atoms with van der Waals surface area (Å²) in [4.78, 5) is 19.9. The van der Waals surface area contributed by atoms with Gasteiger partial charge in [-0.15, -0.1) is 0 Å². The Hall–Kier alpha value is -2.24. The molecule has 2 fully saturated rings. The number of carbonyl (C=O) groups is 1. The molecule has 1 aliphatic carbocycles. The molecule has 30 heavy (non-hydrogen) atoms. The number of benzene rings is 2. The zero-order valence-corrected chi connectivity index (χ0v) is 18.7. The van der Waals surface area contributed by atoms with Crippen molar-refractivity contribution in [1.29, 1.82) is 0 Å². The smallest absolute Gasteiger partial charge is 0.410 e. The summed E-state index contributed by atoms with van der Waals surface area (Å²) in [5.74, 6) is 1.51. The van der Waals surface area contributed by atoms with E-state index in [2.05, 4.69) is 5.16 Å². The number of amides is 1. The number of fused-ring (bicyclic) bond motifs is 1. The third-order valence-electron chi connectivity index (χ3n) is 5.37. The van der Waals surface area contributed by atoms with Crippen LogP contribution in [0.15, 0.2) is 53.7 Å². The Labute approximate surface area is 186 Å². The van der Waals surface area contributed by atoms with Gasteiger partial charge in [-0.2, -0.15) is 0 Å². The maximum atomic E-state index is 12.4. The molecule has 2 aromatic rings. The van der Waals surface area contributed by atoms with E-state index in [-0.39, 0.29) is 12.0 Å². The number of oxime groups is 1. The number of para-hydroxylation sites is 1. The Balaban J connectivity index is 1.52. The third-order valence-corrected chi connectivity index (χ3v) is 6.11. The second-order valence-corrected chi connectivity index (χ2v) is 9.56. The zero-order valence-electron chi connectivity index (χ0n) is 17.1. The molecule has 0 spiro atoms. The summed E-state index contributed by atoms with van der Waals surface area (Å²) in [7, 11) is 0. The predicted octanol–water partition coefficient (Wildman–Crippen LogP) is 5.89. The lowest BCUT2D eigenvalue weighted by Gasteiger charge is -2.26. The minimum Gasteiger partial charge on any atom is -0.444 e. The lowest BCUT2D eigenvalue weighted by atomic mass is 10.0. The van der Waals surface area contributed by atoms with Crippen LogP contribution in [0.2, 0.25) is 10.0 Å². The molecule has 5 nitrogen and oxygen atoms in total. The van der Waals surface area contributed by atoms with Crippen molar-refractivity contribution in [3.63, 3.8) is 0 Å². The quantitative estimate of drug-likeness (QED) is 0.434. The summed E-state index contributed by atoms with van der Waals surface area (Å²) < 4.78 is 5.51. The van der Waals surface area contributed by atoms with E-state index in [1.165, 1.54) is 0 Å².